The number of ketones is 1. The van der Waals surface area contributed by atoms with Crippen molar-refractivity contribution in [3.8, 4) is 0 Å². The number of hydrogen-bond acceptors (Lipinski definition) is 7. The molecule has 0 unspecified atom stereocenters. The average molecular weight is 481 g/mol. The van der Waals surface area contributed by atoms with Crippen LogP contribution < -0.4 is 0 Å². The number of rotatable bonds is 5. The normalized spacial score (nSPS) is 47.2. The van der Waals surface area contributed by atoms with Crippen LogP contribution in [0.5, 0.6) is 0 Å². The summed E-state index contributed by atoms with van der Waals surface area (Å²) in [4.78, 5) is 13.3. The largest absolute Gasteiger partial charge is 0.393 e. The lowest BCUT2D eigenvalue weighted by Gasteiger charge is -2.62. The third kappa shape index (κ3) is 3.49. The number of fused-ring (bicyclic) bond motifs is 5. The Balaban J connectivity index is 1.69. The molecule has 9 atom stereocenters. The van der Waals surface area contributed by atoms with E-state index in [1.807, 2.05) is 13.8 Å². The van der Waals surface area contributed by atoms with Gasteiger partial charge in [-0.2, -0.15) is 0 Å². The molecule has 0 bridgehead atoms. The second-order valence-electron chi connectivity index (χ2n) is 13.2. The third-order valence-electron chi connectivity index (χ3n) is 10.7. The molecule has 194 valence electrons. The van der Waals surface area contributed by atoms with Crippen LogP contribution in [-0.2, 0) is 4.79 Å². The summed E-state index contributed by atoms with van der Waals surface area (Å²) in [5.74, 6) is -1.04. The van der Waals surface area contributed by atoms with Crippen LogP contribution in [0.1, 0.15) is 92.4 Å². The van der Waals surface area contributed by atoms with Gasteiger partial charge in [-0.3, -0.25) is 4.79 Å². The monoisotopic (exact) mass is 480 g/mol. The Hall–Kier alpha value is -0.830. The van der Waals surface area contributed by atoms with E-state index >= 15 is 0 Å². The molecular formula is C27H44O7. The van der Waals surface area contributed by atoms with Crippen LogP contribution in [0.3, 0.4) is 0 Å². The fraction of sp³-hybridized carbons (Fsp3) is 0.889. The molecule has 0 heterocycles. The highest BCUT2D eigenvalue weighted by Gasteiger charge is 2.71. The van der Waals surface area contributed by atoms with Crippen LogP contribution in [0, 0.1) is 22.7 Å². The van der Waals surface area contributed by atoms with E-state index in [1.54, 1.807) is 20.8 Å². The molecular weight excluding hydrogens is 436 g/mol. The highest BCUT2D eigenvalue weighted by atomic mass is 16.3. The maximum Gasteiger partial charge on any atom is 0.187 e. The molecule has 3 fully saturated rings. The van der Waals surface area contributed by atoms with E-state index in [4.69, 9.17) is 0 Å². The van der Waals surface area contributed by atoms with Gasteiger partial charge in [-0.05, 0) is 95.6 Å². The van der Waals surface area contributed by atoms with Gasteiger partial charge in [0.05, 0.1) is 29.0 Å². The Morgan fingerprint density at radius 2 is 1.62 bits per heavy atom. The van der Waals surface area contributed by atoms with Crippen molar-refractivity contribution in [3.63, 3.8) is 0 Å². The van der Waals surface area contributed by atoms with Crippen LogP contribution in [0.25, 0.3) is 0 Å². The second kappa shape index (κ2) is 7.83. The van der Waals surface area contributed by atoms with E-state index in [0.717, 1.165) is 0 Å². The summed E-state index contributed by atoms with van der Waals surface area (Å²) < 4.78 is 0. The summed E-state index contributed by atoms with van der Waals surface area (Å²) >= 11 is 0. The minimum atomic E-state index is -1.64. The summed E-state index contributed by atoms with van der Waals surface area (Å²) in [5.41, 5.74) is -6.26. The fourth-order valence-corrected chi connectivity index (χ4v) is 8.28. The zero-order valence-corrected chi connectivity index (χ0v) is 21.3. The molecule has 0 aliphatic heterocycles. The molecule has 6 N–H and O–H groups in total. The Labute approximate surface area is 202 Å². The standard InChI is InChI=1S/C27H44O7/c1-22(2,31)10-9-20(29)25(5,32)19-8-13-26(33)18-14-21(30)27(34)15-16(28)6-11-23(27,3)17(18)7-12-24(19,26)4/h14,16-17,19-20,28-29,31-34H,6-13,15H2,1-5H3/t16-,17-,19-,20+,23+,24+,25+,26+,27+/m0/s1. The minimum Gasteiger partial charge on any atom is -0.393 e. The number of carbonyl (C=O) groups excluding carboxylic acids is 1. The van der Waals surface area contributed by atoms with Gasteiger partial charge in [0.15, 0.2) is 5.78 Å². The molecule has 4 rings (SSSR count). The molecule has 7 nitrogen and oxygen atoms in total. The third-order valence-corrected chi connectivity index (χ3v) is 10.7. The van der Waals surface area contributed by atoms with Crippen molar-refractivity contribution < 1.29 is 35.4 Å². The lowest BCUT2D eigenvalue weighted by atomic mass is 9.44. The van der Waals surface area contributed by atoms with Crippen LogP contribution in [0.15, 0.2) is 11.6 Å². The molecule has 0 radical (unpaired) electrons. The summed E-state index contributed by atoms with van der Waals surface area (Å²) in [6.45, 7) is 8.84. The first-order chi connectivity index (χ1) is 15.4. The predicted octanol–water partition coefficient (Wildman–Crippen LogP) is 2.00. The van der Waals surface area contributed by atoms with Gasteiger partial charge in [-0.25, -0.2) is 0 Å². The molecule has 4 aliphatic carbocycles. The van der Waals surface area contributed by atoms with E-state index in [-0.39, 0.29) is 18.8 Å². The SMILES string of the molecule is CC(C)(O)CC[C@@H](O)[C@](C)(O)[C@H]1CC[C@@]2(O)C3=CC(=O)[C@]4(O)C[C@@H](O)CC[C@]4(C)[C@H]3CC[C@]12C. The van der Waals surface area contributed by atoms with E-state index in [2.05, 4.69) is 0 Å². The van der Waals surface area contributed by atoms with Gasteiger partial charge in [0.25, 0.3) is 0 Å². The van der Waals surface area contributed by atoms with Crippen LogP contribution in [-0.4, -0.2) is 71.0 Å². The second-order valence-corrected chi connectivity index (χ2v) is 13.2. The highest BCUT2D eigenvalue weighted by Crippen LogP contribution is 2.69. The zero-order chi connectivity index (χ0) is 25.5. The molecule has 0 aromatic rings. The Kier molecular flexibility index (Phi) is 6.04. The summed E-state index contributed by atoms with van der Waals surface area (Å²) in [7, 11) is 0. The van der Waals surface area contributed by atoms with Gasteiger partial charge in [-0.15, -0.1) is 0 Å². The summed E-state index contributed by atoms with van der Waals surface area (Å²) in [6, 6.07) is 0. The van der Waals surface area contributed by atoms with Gasteiger partial charge in [0.1, 0.15) is 5.60 Å². The number of aliphatic hydroxyl groups excluding tert-OH is 2. The zero-order valence-electron chi connectivity index (χ0n) is 21.3. The van der Waals surface area contributed by atoms with Gasteiger partial charge in [0, 0.05) is 17.3 Å². The van der Waals surface area contributed by atoms with Crippen LogP contribution in [0.2, 0.25) is 0 Å². The number of aliphatic hydroxyl groups is 6. The average Bonchev–Trinajstić information content (AvgIpc) is 3.00. The molecule has 34 heavy (non-hydrogen) atoms. The molecule has 4 aliphatic rings. The van der Waals surface area contributed by atoms with Gasteiger partial charge in [0.2, 0.25) is 0 Å². The molecule has 3 saturated carbocycles. The van der Waals surface area contributed by atoms with Crippen LogP contribution in [0.4, 0.5) is 0 Å². The molecule has 0 amide bonds. The van der Waals surface area contributed by atoms with Crippen LogP contribution >= 0.6 is 0 Å². The van der Waals surface area contributed by atoms with E-state index in [1.165, 1.54) is 6.08 Å². The van der Waals surface area contributed by atoms with Gasteiger partial charge in [-0.1, -0.05) is 13.8 Å². The maximum atomic E-state index is 13.3. The van der Waals surface area contributed by atoms with Gasteiger partial charge < -0.3 is 30.6 Å². The summed E-state index contributed by atoms with van der Waals surface area (Å²) in [5, 5.41) is 66.5. The van der Waals surface area contributed by atoms with Crippen molar-refractivity contribution >= 4 is 5.78 Å². The highest BCUT2D eigenvalue weighted by molar-refractivity contribution is 6.00. The minimum absolute atomic E-state index is 0.0169. The molecule has 0 aromatic carbocycles. The Bertz CT molecular complexity index is 875. The maximum absolute atomic E-state index is 13.3. The smallest absolute Gasteiger partial charge is 0.187 e. The lowest BCUT2D eigenvalue weighted by Crippen LogP contribution is -2.67. The lowest BCUT2D eigenvalue weighted by molar-refractivity contribution is -0.197. The summed E-state index contributed by atoms with van der Waals surface area (Å²) in [6.07, 6.45) is 3.36. The Morgan fingerprint density at radius 1 is 1.00 bits per heavy atom. The van der Waals surface area contributed by atoms with Gasteiger partial charge >= 0.3 is 0 Å². The molecule has 0 saturated heterocycles. The molecule has 0 aromatic heterocycles. The quantitative estimate of drug-likeness (QED) is 0.354. The van der Waals surface area contributed by atoms with E-state index < -0.39 is 57.1 Å². The molecule has 0 spiro atoms. The van der Waals surface area contributed by atoms with Crippen molar-refractivity contribution in [2.24, 2.45) is 22.7 Å². The van der Waals surface area contributed by atoms with E-state index in [9.17, 15) is 35.4 Å². The fourth-order valence-electron chi connectivity index (χ4n) is 8.28. The Morgan fingerprint density at radius 3 is 2.24 bits per heavy atom. The van der Waals surface area contributed by atoms with Crippen molar-refractivity contribution in [3.05, 3.63) is 11.6 Å². The first kappa shape index (κ1) is 26.2. The topological polar surface area (TPSA) is 138 Å². The van der Waals surface area contributed by atoms with Crippen molar-refractivity contribution in [1.29, 1.82) is 0 Å². The van der Waals surface area contributed by atoms with E-state index in [0.29, 0.717) is 50.5 Å². The molecule has 7 heteroatoms. The number of carbonyl (C=O) groups is 1. The van der Waals surface area contributed by atoms with Crippen molar-refractivity contribution in [1.82, 2.24) is 0 Å². The number of hydrogen-bond donors (Lipinski definition) is 6. The predicted molar refractivity (Wildman–Crippen MR) is 127 cm³/mol. The van der Waals surface area contributed by atoms with Crippen molar-refractivity contribution in [2.45, 2.75) is 127 Å². The first-order valence-corrected chi connectivity index (χ1v) is 12.9. The van der Waals surface area contributed by atoms with Crippen molar-refractivity contribution in [2.75, 3.05) is 0 Å². The first-order valence-electron chi connectivity index (χ1n) is 12.9.